The van der Waals surface area contributed by atoms with Crippen molar-refractivity contribution >= 4 is 11.5 Å². The zero-order valence-corrected chi connectivity index (χ0v) is 17.6. The minimum atomic E-state index is -2.61. The van der Waals surface area contributed by atoms with Crippen molar-refractivity contribution in [1.82, 2.24) is 20.2 Å². The number of hydrogen-bond donors (Lipinski definition) is 2. The molecule has 1 saturated carbocycles. The van der Waals surface area contributed by atoms with Crippen LogP contribution >= 0.6 is 0 Å². The molecular weight excluding hydrogens is 386 g/mol. The van der Waals surface area contributed by atoms with E-state index in [1.54, 1.807) is 0 Å². The van der Waals surface area contributed by atoms with Crippen LogP contribution in [0, 0.1) is 6.92 Å². The number of aromatic nitrogens is 2. The topological polar surface area (TPSA) is 59.0 Å². The Bertz CT molecular complexity index is 985. The number of amides is 1. The van der Waals surface area contributed by atoms with Crippen LogP contribution in [-0.4, -0.2) is 33.5 Å². The highest BCUT2D eigenvalue weighted by Gasteiger charge is 2.35. The van der Waals surface area contributed by atoms with Gasteiger partial charge in [-0.15, -0.1) is 0 Å². The minimum Gasteiger partial charge on any atom is -0.349 e. The van der Waals surface area contributed by atoms with Crippen molar-refractivity contribution < 1.29 is 13.6 Å². The summed E-state index contributed by atoms with van der Waals surface area (Å²) < 4.78 is 29.0. The number of aryl methyl sites for hydroxylation is 1. The smallest absolute Gasteiger partial charge is 0.251 e. The van der Waals surface area contributed by atoms with Crippen LogP contribution in [-0.2, 0) is 18.4 Å². The van der Waals surface area contributed by atoms with Gasteiger partial charge in [0.25, 0.3) is 5.91 Å². The van der Waals surface area contributed by atoms with Crippen LogP contribution in [0.2, 0.25) is 0 Å². The van der Waals surface area contributed by atoms with Gasteiger partial charge in [0.15, 0.2) is 0 Å². The second-order valence-corrected chi connectivity index (χ2v) is 8.48. The fourth-order valence-corrected chi connectivity index (χ4v) is 4.23. The first kappa shape index (κ1) is 20.7. The Kier molecular flexibility index (Phi) is 5.49. The highest BCUT2D eigenvalue weighted by atomic mass is 19.3. The number of carbonyl (C=O) groups excluding carboxylic acids is 1. The summed E-state index contributed by atoms with van der Waals surface area (Å²) in [7, 11) is 1.97. The molecule has 0 saturated heterocycles. The van der Waals surface area contributed by atoms with E-state index < -0.39 is 5.92 Å². The van der Waals surface area contributed by atoms with E-state index in [0.717, 1.165) is 28.2 Å². The van der Waals surface area contributed by atoms with Crippen LogP contribution in [0.25, 0.3) is 16.8 Å². The lowest BCUT2D eigenvalue weighted by atomic mass is 9.91. The van der Waals surface area contributed by atoms with Gasteiger partial charge in [-0.2, -0.15) is 0 Å². The van der Waals surface area contributed by atoms with Gasteiger partial charge in [0, 0.05) is 49.7 Å². The standard InChI is InChI=1S/C23H28F2N4O/c1-14-10-20(22(30)28-18-6-8-23(24,25)9-7-18)19-11-16(4-5-17(19)12-26-14)21-13-27-15(2)29(21)3/h4-5,10-11,13-14,18,26H,6-9,12H2,1-3H3,(H,28,30). The third kappa shape index (κ3) is 4.17. The molecule has 1 amide bonds. The molecule has 30 heavy (non-hydrogen) atoms. The summed E-state index contributed by atoms with van der Waals surface area (Å²) in [4.78, 5) is 17.6. The Morgan fingerprint density at radius 2 is 2.03 bits per heavy atom. The van der Waals surface area contributed by atoms with Gasteiger partial charge in [-0.25, -0.2) is 13.8 Å². The van der Waals surface area contributed by atoms with E-state index in [1.165, 1.54) is 0 Å². The second-order valence-electron chi connectivity index (χ2n) is 8.48. The van der Waals surface area contributed by atoms with Crippen molar-refractivity contribution in [2.75, 3.05) is 0 Å². The van der Waals surface area contributed by atoms with Crippen LogP contribution in [0.4, 0.5) is 8.78 Å². The Hall–Kier alpha value is -2.54. The lowest BCUT2D eigenvalue weighted by molar-refractivity contribution is -0.117. The van der Waals surface area contributed by atoms with E-state index in [2.05, 4.69) is 15.6 Å². The zero-order valence-electron chi connectivity index (χ0n) is 17.6. The Balaban J connectivity index is 1.64. The highest BCUT2D eigenvalue weighted by molar-refractivity contribution is 6.20. The van der Waals surface area contributed by atoms with Crippen molar-refractivity contribution in [2.45, 2.75) is 64.1 Å². The summed E-state index contributed by atoms with van der Waals surface area (Å²) in [6.07, 6.45) is 4.03. The quantitative estimate of drug-likeness (QED) is 0.799. The first-order valence-electron chi connectivity index (χ1n) is 10.5. The fraction of sp³-hybridized carbons (Fsp3) is 0.478. The van der Waals surface area contributed by atoms with Gasteiger partial charge in [-0.3, -0.25) is 4.79 Å². The number of imidazole rings is 1. The number of alkyl halides is 2. The number of benzene rings is 1. The predicted octanol–water partition coefficient (Wildman–Crippen LogP) is 3.96. The van der Waals surface area contributed by atoms with Crippen LogP contribution in [0.15, 0.2) is 30.5 Å². The van der Waals surface area contributed by atoms with Gasteiger partial charge in [0.2, 0.25) is 5.92 Å². The molecular formula is C23H28F2N4O. The first-order valence-corrected chi connectivity index (χ1v) is 10.5. The van der Waals surface area contributed by atoms with Gasteiger partial charge in [-0.05, 0) is 43.9 Å². The molecule has 1 unspecified atom stereocenters. The molecule has 1 atom stereocenters. The summed E-state index contributed by atoms with van der Waals surface area (Å²) >= 11 is 0. The van der Waals surface area contributed by atoms with E-state index in [1.807, 2.05) is 55.9 Å². The van der Waals surface area contributed by atoms with Crippen LogP contribution in [0.3, 0.4) is 0 Å². The summed E-state index contributed by atoms with van der Waals surface area (Å²) in [6.45, 7) is 4.61. The maximum atomic E-state index is 13.5. The number of nitrogens with one attached hydrogen (secondary N) is 2. The molecule has 5 nitrogen and oxygen atoms in total. The van der Waals surface area contributed by atoms with Crippen molar-refractivity contribution in [3.8, 4) is 11.3 Å². The molecule has 1 fully saturated rings. The summed E-state index contributed by atoms with van der Waals surface area (Å²) in [6, 6.07) is 5.94. The molecule has 2 heterocycles. The maximum Gasteiger partial charge on any atom is 0.251 e. The summed E-state index contributed by atoms with van der Waals surface area (Å²) in [5.41, 5.74) is 4.48. The molecule has 1 aromatic carbocycles. The lowest BCUT2D eigenvalue weighted by Crippen LogP contribution is -2.40. The lowest BCUT2D eigenvalue weighted by Gasteiger charge is -2.29. The molecule has 2 aliphatic rings. The monoisotopic (exact) mass is 414 g/mol. The molecule has 7 heteroatoms. The third-order valence-electron chi connectivity index (χ3n) is 6.24. The van der Waals surface area contributed by atoms with Crippen molar-refractivity contribution in [2.24, 2.45) is 7.05 Å². The van der Waals surface area contributed by atoms with Crippen LogP contribution in [0.5, 0.6) is 0 Å². The molecule has 0 spiro atoms. The van der Waals surface area contributed by atoms with E-state index in [9.17, 15) is 13.6 Å². The van der Waals surface area contributed by atoms with Gasteiger partial charge >= 0.3 is 0 Å². The number of fused-ring (bicyclic) bond motifs is 1. The molecule has 2 aromatic rings. The van der Waals surface area contributed by atoms with Crippen molar-refractivity contribution in [1.29, 1.82) is 0 Å². The van der Waals surface area contributed by atoms with Gasteiger partial charge in [0.05, 0.1) is 11.9 Å². The molecule has 1 aliphatic heterocycles. The molecule has 0 bridgehead atoms. The number of halogens is 2. The van der Waals surface area contributed by atoms with Gasteiger partial charge < -0.3 is 15.2 Å². The minimum absolute atomic E-state index is 0.0243. The first-order chi connectivity index (χ1) is 14.2. The maximum absolute atomic E-state index is 13.5. The normalized spacial score (nSPS) is 21.5. The largest absolute Gasteiger partial charge is 0.349 e. The fourth-order valence-electron chi connectivity index (χ4n) is 4.23. The zero-order chi connectivity index (χ0) is 21.5. The molecule has 160 valence electrons. The number of nitrogens with zero attached hydrogens (tertiary/aromatic N) is 2. The van der Waals surface area contributed by atoms with Crippen molar-refractivity contribution in [3.05, 3.63) is 47.4 Å². The van der Waals surface area contributed by atoms with E-state index >= 15 is 0 Å². The summed E-state index contributed by atoms with van der Waals surface area (Å²) in [5, 5.41) is 6.41. The van der Waals surface area contributed by atoms with E-state index in [0.29, 0.717) is 25.0 Å². The Labute approximate surface area is 175 Å². The Morgan fingerprint density at radius 3 is 2.70 bits per heavy atom. The van der Waals surface area contributed by atoms with Crippen molar-refractivity contribution in [3.63, 3.8) is 0 Å². The number of rotatable bonds is 3. The van der Waals surface area contributed by atoms with Gasteiger partial charge in [0.1, 0.15) is 5.82 Å². The van der Waals surface area contributed by atoms with E-state index in [-0.39, 0.29) is 30.8 Å². The average molecular weight is 415 g/mol. The average Bonchev–Trinajstić information content (AvgIpc) is 2.94. The SMILES string of the molecule is Cc1ncc(-c2ccc3c(c2)C(C(=O)NC2CCC(F)(F)CC2)=CC(C)NC3)n1C. The number of hydrogen-bond acceptors (Lipinski definition) is 3. The Morgan fingerprint density at radius 1 is 1.30 bits per heavy atom. The predicted molar refractivity (Wildman–Crippen MR) is 113 cm³/mol. The molecule has 1 aliphatic carbocycles. The molecule has 2 N–H and O–H groups in total. The second kappa shape index (κ2) is 7.95. The van der Waals surface area contributed by atoms with Crippen LogP contribution < -0.4 is 10.6 Å². The van der Waals surface area contributed by atoms with Gasteiger partial charge in [-0.1, -0.05) is 18.2 Å². The molecule has 0 radical (unpaired) electrons. The molecule has 4 rings (SSSR count). The molecule has 1 aromatic heterocycles. The number of carbonyl (C=O) groups is 1. The van der Waals surface area contributed by atoms with Crippen LogP contribution in [0.1, 0.15) is 49.6 Å². The third-order valence-corrected chi connectivity index (χ3v) is 6.24. The summed E-state index contributed by atoms with van der Waals surface area (Å²) in [5.74, 6) is -1.89. The highest BCUT2D eigenvalue weighted by Crippen LogP contribution is 2.34. The van der Waals surface area contributed by atoms with E-state index in [4.69, 9.17) is 0 Å².